The van der Waals surface area contributed by atoms with Crippen LogP contribution in [0.3, 0.4) is 0 Å². The van der Waals surface area contributed by atoms with E-state index in [9.17, 15) is 22.8 Å². The molecule has 3 aliphatic heterocycles. The van der Waals surface area contributed by atoms with Crippen molar-refractivity contribution in [1.29, 1.82) is 0 Å². The highest BCUT2D eigenvalue weighted by Gasteiger charge is 2.45. The molecule has 30 heavy (non-hydrogen) atoms. The molecule has 2 atom stereocenters. The van der Waals surface area contributed by atoms with Crippen LogP contribution in [0.4, 0.5) is 24.5 Å². The number of piperazine rings is 1. The topological polar surface area (TPSA) is 70.5 Å². The maximum Gasteiger partial charge on any atom is 0.416 e. The largest absolute Gasteiger partial charge is 0.416 e. The van der Waals surface area contributed by atoms with E-state index >= 15 is 0 Å². The molecule has 1 amide bonds. The van der Waals surface area contributed by atoms with Crippen molar-refractivity contribution in [2.24, 2.45) is 7.05 Å². The van der Waals surface area contributed by atoms with Crippen LogP contribution in [0.15, 0.2) is 35.3 Å². The quantitative estimate of drug-likeness (QED) is 0.788. The first kappa shape index (κ1) is 20.7. The number of aromatic nitrogens is 2. The number of hydrogen-bond acceptors (Lipinski definition) is 5. The van der Waals surface area contributed by atoms with Gasteiger partial charge in [0.05, 0.1) is 24.0 Å². The molecule has 7 nitrogen and oxygen atoms in total. The van der Waals surface area contributed by atoms with Crippen LogP contribution in [0.2, 0.25) is 5.02 Å². The average molecular weight is 442 g/mol. The summed E-state index contributed by atoms with van der Waals surface area (Å²) in [4.78, 5) is 28.4. The maximum atomic E-state index is 12.8. The van der Waals surface area contributed by atoms with Crippen molar-refractivity contribution in [3.05, 3.63) is 51.4 Å². The highest BCUT2D eigenvalue weighted by Crippen LogP contribution is 2.36. The normalized spacial score (nSPS) is 21.3. The molecule has 3 saturated heterocycles. The Hall–Kier alpha value is -2.59. The van der Waals surface area contributed by atoms with E-state index < -0.39 is 11.7 Å². The van der Waals surface area contributed by atoms with Crippen LogP contribution in [-0.4, -0.2) is 52.3 Å². The molecule has 0 radical (unpaired) electrons. The molecular weight excluding hydrogens is 423 g/mol. The summed E-state index contributed by atoms with van der Waals surface area (Å²) in [6, 6.07) is 4.75. The number of hydrogen-bond donors (Lipinski definition) is 1. The number of fused-ring (bicyclic) bond motifs is 2. The van der Waals surface area contributed by atoms with Crippen LogP contribution in [0, 0.1) is 0 Å². The highest BCUT2D eigenvalue weighted by atomic mass is 35.5. The zero-order valence-corrected chi connectivity index (χ0v) is 16.7. The second kappa shape index (κ2) is 7.59. The Labute approximate surface area is 175 Å². The van der Waals surface area contributed by atoms with Gasteiger partial charge < -0.3 is 10.2 Å². The van der Waals surface area contributed by atoms with Gasteiger partial charge >= 0.3 is 6.18 Å². The van der Waals surface area contributed by atoms with Gasteiger partial charge in [0.25, 0.3) is 5.56 Å². The van der Waals surface area contributed by atoms with E-state index in [4.69, 9.17) is 11.6 Å². The Balaban J connectivity index is 1.38. The third-order valence-electron chi connectivity index (χ3n) is 5.54. The van der Waals surface area contributed by atoms with Crippen LogP contribution in [-0.2, 0) is 18.0 Å². The molecule has 0 saturated carbocycles. The minimum atomic E-state index is -4.47. The fraction of sp³-hybridized carbons (Fsp3) is 0.421. The number of nitrogens with one attached hydrogen (secondary N) is 1. The summed E-state index contributed by atoms with van der Waals surface area (Å²) in [6.07, 6.45) is -2.00. The number of aryl methyl sites for hydroxylation is 1. The number of amides is 1. The Kier molecular flexibility index (Phi) is 5.23. The summed E-state index contributed by atoms with van der Waals surface area (Å²) in [7, 11) is 1.52. The molecule has 0 aliphatic carbocycles. The van der Waals surface area contributed by atoms with Gasteiger partial charge in [-0.25, -0.2) is 4.68 Å². The highest BCUT2D eigenvalue weighted by molar-refractivity contribution is 6.33. The fourth-order valence-electron chi connectivity index (χ4n) is 4.00. The molecular formula is C19H19ClF3N5O2. The summed E-state index contributed by atoms with van der Waals surface area (Å²) in [6.45, 7) is 1.26. The molecule has 3 aliphatic rings. The predicted octanol–water partition coefficient (Wildman–Crippen LogP) is 2.35. The molecule has 1 aromatic heterocycles. The first-order valence-corrected chi connectivity index (χ1v) is 9.71. The number of nitrogens with zero attached hydrogens (tertiary/aromatic N) is 4. The van der Waals surface area contributed by atoms with Crippen LogP contribution in [0.1, 0.15) is 12.0 Å². The number of anilines is 2. The molecule has 4 heterocycles. The molecule has 0 spiro atoms. The van der Waals surface area contributed by atoms with Crippen molar-refractivity contribution < 1.29 is 18.0 Å². The summed E-state index contributed by atoms with van der Waals surface area (Å²) < 4.78 is 39.6. The van der Waals surface area contributed by atoms with Crippen molar-refractivity contribution in [2.45, 2.75) is 24.7 Å². The number of halogens is 4. The lowest BCUT2D eigenvalue weighted by Gasteiger charge is -2.56. The minimum Gasteiger partial charge on any atom is -0.366 e. The molecule has 1 aromatic carbocycles. The number of carbonyl (C=O) groups is 1. The van der Waals surface area contributed by atoms with E-state index in [0.29, 0.717) is 18.8 Å². The van der Waals surface area contributed by atoms with E-state index in [1.165, 1.54) is 23.9 Å². The summed E-state index contributed by atoms with van der Waals surface area (Å²) in [5.41, 5.74) is -0.496. The molecule has 160 valence electrons. The summed E-state index contributed by atoms with van der Waals surface area (Å²) in [5.74, 6) is -0.370. The monoisotopic (exact) mass is 441 g/mol. The van der Waals surface area contributed by atoms with Gasteiger partial charge in [-0.2, -0.15) is 18.3 Å². The third kappa shape index (κ3) is 3.89. The lowest BCUT2D eigenvalue weighted by molar-refractivity contribution is -0.137. The van der Waals surface area contributed by atoms with Gasteiger partial charge in [-0.05, 0) is 24.6 Å². The SMILES string of the molecule is Cn1ncc(N2CC3CC(C2)N3CC(=O)Nc2cccc(C(F)(F)F)c2)c(Cl)c1=O. The zero-order chi connectivity index (χ0) is 21.6. The van der Waals surface area contributed by atoms with Crippen LogP contribution >= 0.6 is 11.6 Å². The van der Waals surface area contributed by atoms with E-state index in [1.807, 2.05) is 9.80 Å². The van der Waals surface area contributed by atoms with Gasteiger partial charge in [0.2, 0.25) is 5.91 Å². The Morgan fingerprint density at radius 2 is 2.00 bits per heavy atom. The summed E-state index contributed by atoms with van der Waals surface area (Å²) >= 11 is 6.18. The molecule has 2 bridgehead atoms. The first-order valence-electron chi connectivity index (χ1n) is 9.33. The standard InChI is InChI=1S/C19H19ClF3N5O2/c1-26-18(30)17(20)15(7-24-26)27-8-13-6-14(9-27)28(13)10-16(29)25-12-4-2-3-11(5-12)19(21,22)23/h2-5,7,13-14H,6,8-10H2,1H3,(H,25,29). The number of rotatable bonds is 4. The van der Waals surface area contributed by atoms with Gasteiger partial charge in [0, 0.05) is 37.9 Å². The maximum absolute atomic E-state index is 12.8. The van der Waals surface area contributed by atoms with Crippen molar-refractivity contribution >= 4 is 28.9 Å². The second-order valence-corrected chi connectivity index (χ2v) is 7.90. The predicted molar refractivity (Wildman–Crippen MR) is 106 cm³/mol. The smallest absolute Gasteiger partial charge is 0.366 e. The van der Waals surface area contributed by atoms with Crippen LogP contribution in [0.5, 0.6) is 0 Å². The molecule has 3 fully saturated rings. The van der Waals surface area contributed by atoms with Gasteiger partial charge in [0.15, 0.2) is 0 Å². The van der Waals surface area contributed by atoms with E-state index in [-0.39, 0.29) is 40.8 Å². The average Bonchev–Trinajstić information content (AvgIpc) is 2.70. The van der Waals surface area contributed by atoms with Crippen molar-refractivity contribution in [3.8, 4) is 0 Å². The third-order valence-corrected chi connectivity index (χ3v) is 5.90. The fourth-order valence-corrected chi connectivity index (χ4v) is 4.29. The number of alkyl halides is 3. The van der Waals surface area contributed by atoms with Gasteiger partial charge in [-0.15, -0.1) is 0 Å². The lowest BCUT2D eigenvalue weighted by atomic mass is 9.87. The number of piperidine rings is 1. The molecule has 1 N–H and O–H groups in total. The van der Waals surface area contributed by atoms with Crippen molar-refractivity contribution in [2.75, 3.05) is 29.9 Å². The molecule has 5 rings (SSSR count). The molecule has 2 unspecified atom stereocenters. The van der Waals surface area contributed by atoms with Crippen molar-refractivity contribution in [1.82, 2.24) is 14.7 Å². The van der Waals surface area contributed by atoms with Crippen LogP contribution in [0.25, 0.3) is 0 Å². The Morgan fingerprint density at radius 1 is 1.30 bits per heavy atom. The van der Waals surface area contributed by atoms with E-state index in [2.05, 4.69) is 10.4 Å². The molecule has 11 heteroatoms. The Bertz CT molecular complexity index is 1030. The van der Waals surface area contributed by atoms with Gasteiger partial charge in [-0.1, -0.05) is 17.7 Å². The van der Waals surface area contributed by atoms with Gasteiger partial charge in [0.1, 0.15) is 5.02 Å². The van der Waals surface area contributed by atoms with E-state index in [0.717, 1.165) is 18.6 Å². The minimum absolute atomic E-state index is 0.0853. The lowest BCUT2D eigenvalue weighted by Crippen LogP contribution is -2.69. The van der Waals surface area contributed by atoms with Crippen LogP contribution < -0.4 is 15.8 Å². The van der Waals surface area contributed by atoms with Crippen molar-refractivity contribution in [3.63, 3.8) is 0 Å². The second-order valence-electron chi connectivity index (χ2n) is 7.52. The van der Waals surface area contributed by atoms with E-state index in [1.54, 1.807) is 6.20 Å². The first-order chi connectivity index (χ1) is 14.1. The van der Waals surface area contributed by atoms with Gasteiger partial charge in [-0.3, -0.25) is 14.5 Å². The molecule has 2 aromatic rings. The number of benzene rings is 1. The number of carbonyl (C=O) groups excluding carboxylic acids is 1. The summed E-state index contributed by atoms with van der Waals surface area (Å²) in [5, 5.41) is 6.67. The Morgan fingerprint density at radius 3 is 2.67 bits per heavy atom. The zero-order valence-electron chi connectivity index (χ0n) is 16.0.